The quantitative estimate of drug-likeness (QED) is 0.116. The van der Waals surface area contributed by atoms with Crippen molar-refractivity contribution in [2.24, 2.45) is 11.8 Å². The van der Waals surface area contributed by atoms with Crippen LogP contribution in [0.4, 0.5) is 11.4 Å². The summed E-state index contributed by atoms with van der Waals surface area (Å²) >= 11 is 8.11. The molecule has 1 N–H and O–H groups in total. The molecule has 4 aliphatic rings. The maximum atomic E-state index is 14.3. The van der Waals surface area contributed by atoms with E-state index >= 15 is 0 Å². The number of nitrogens with one attached hydrogen (secondary N) is 1. The molecule has 0 saturated carbocycles. The van der Waals surface area contributed by atoms with E-state index < -0.39 is 20.5 Å². The molecule has 224 valence electrons. The molecule has 1 saturated heterocycles. The fourth-order valence-corrected chi connectivity index (χ4v) is 9.77. The highest BCUT2D eigenvalue weighted by Gasteiger charge is 2.72. The van der Waals surface area contributed by atoms with Gasteiger partial charge in [-0.25, -0.2) is 4.90 Å². The van der Waals surface area contributed by atoms with Gasteiger partial charge in [-0.05, 0) is 46.9 Å². The zero-order valence-corrected chi connectivity index (χ0v) is 27.8. The molecule has 3 aromatic carbocycles. The molecule has 3 amide bonds. The number of hydrogen-bond donors (Lipinski definition) is 1. The van der Waals surface area contributed by atoms with E-state index in [0.29, 0.717) is 17.8 Å². The lowest BCUT2D eigenvalue weighted by Gasteiger charge is -2.55. The van der Waals surface area contributed by atoms with Crippen LogP contribution in [0.25, 0.3) is 0 Å². The van der Waals surface area contributed by atoms with Crippen molar-refractivity contribution in [3.05, 3.63) is 95.1 Å². The zero-order chi connectivity index (χ0) is 30.2. The summed E-state index contributed by atoms with van der Waals surface area (Å²) in [6.45, 7) is 2.23. The van der Waals surface area contributed by atoms with Gasteiger partial charge in [0.1, 0.15) is 0 Å². The van der Waals surface area contributed by atoms with Crippen LogP contribution in [-0.2, 0) is 23.0 Å². The lowest BCUT2D eigenvalue weighted by Crippen LogP contribution is -2.56. The Hall–Kier alpha value is -2.77. The summed E-state index contributed by atoms with van der Waals surface area (Å²) in [6, 6.07) is 23.2. The van der Waals surface area contributed by atoms with Crippen LogP contribution in [0.2, 0.25) is 0 Å². The molecule has 0 unspecified atom stereocenters. The Morgan fingerprint density at radius 2 is 1.16 bits per heavy atom. The van der Waals surface area contributed by atoms with E-state index in [1.165, 1.54) is 43.4 Å². The summed E-state index contributed by atoms with van der Waals surface area (Å²) in [5, 5.41) is 2.99. The minimum absolute atomic E-state index is 0.0457. The largest absolute Gasteiger partial charge is 0.326 e. The van der Waals surface area contributed by atoms with Gasteiger partial charge >= 0.3 is 0 Å². The Bertz CT molecular complexity index is 1430. The summed E-state index contributed by atoms with van der Waals surface area (Å²) in [5.41, 5.74) is 5.09. The van der Waals surface area contributed by atoms with Crippen molar-refractivity contribution < 1.29 is 14.4 Å². The van der Waals surface area contributed by atoms with E-state index in [4.69, 9.17) is 0 Å². The molecular weight excluding hydrogens is 668 g/mol. The first kappa shape index (κ1) is 30.3. The number of nitrogens with zero attached hydrogens (tertiary/aromatic N) is 1. The minimum atomic E-state index is -0.830. The Morgan fingerprint density at radius 1 is 0.698 bits per heavy atom. The molecule has 43 heavy (non-hydrogen) atoms. The van der Waals surface area contributed by atoms with Crippen molar-refractivity contribution in [3.63, 3.8) is 0 Å². The topological polar surface area (TPSA) is 66.5 Å². The number of unbranched alkanes of at least 4 members (excludes halogenated alkanes) is 8. The van der Waals surface area contributed by atoms with Gasteiger partial charge in [0.2, 0.25) is 17.7 Å². The fraction of sp³-hybridized carbons (Fsp3) is 0.417. The highest BCUT2D eigenvalue weighted by molar-refractivity contribution is 9.10. The van der Waals surface area contributed by atoms with E-state index in [2.05, 4.69) is 68.4 Å². The fourth-order valence-electron chi connectivity index (χ4n) is 7.46. The smallest absolute Gasteiger partial charge is 0.239 e. The molecule has 7 heteroatoms. The number of halogens is 2. The van der Waals surface area contributed by atoms with Gasteiger partial charge in [0.05, 0.1) is 26.2 Å². The monoisotopic (exact) mass is 704 g/mol. The van der Waals surface area contributed by atoms with Gasteiger partial charge in [-0.15, -0.1) is 0 Å². The maximum Gasteiger partial charge on any atom is 0.239 e. The number of carbonyl (C=O) groups excluding carboxylic acids is 3. The molecule has 2 bridgehead atoms. The molecule has 0 radical (unpaired) electrons. The van der Waals surface area contributed by atoms with Crippen LogP contribution in [0.1, 0.15) is 93.4 Å². The van der Waals surface area contributed by atoms with Gasteiger partial charge in [0.15, 0.2) is 0 Å². The van der Waals surface area contributed by atoms with Crippen molar-refractivity contribution >= 4 is 61.0 Å². The average molecular weight is 707 g/mol. The average Bonchev–Trinajstić information content (AvgIpc) is 3.30. The molecule has 1 aliphatic heterocycles. The standard InChI is InChI=1S/C36H38Br2N2O3/c1-2-3-4-5-6-7-8-9-10-22-30(41)39-24-16-15-17-25(23-24)40-33(42)31-32(34(40)43)36(38)27-19-12-11-18-26(27)35(31,37)28-20-13-14-21-29(28)36/h11-21,23,31-32H,2-10,22H2,1H3,(H,39,41)/t31-,32+,35?,36?. The first-order valence-electron chi connectivity index (χ1n) is 15.7. The number of carbonyl (C=O) groups is 3. The summed E-state index contributed by atoms with van der Waals surface area (Å²) in [7, 11) is 0. The minimum Gasteiger partial charge on any atom is -0.326 e. The third kappa shape index (κ3) is 5.01. The number of benzene rings is 3. The van der Waals surface area contributed by atoms with Crippen molar-refractivity contribution in [3.8, 4) is 0 Å². The maximum absolute atomic E-state index is 14.3. The predicted molar refractivity (Wildman–Crippen MR) is 179 cm³/mol. The SMILES string of the molecule is CCCCCCCCCCCC(=O)Nc1cccc(N2C(=O)[C@@H]3[C@H](C2=O)C2(Br)c4ccccc4C3(Br)c3ccccc32)c1. The first-order valence-corrected chi connectivity index (χ1v) is 17.3. The lowest BCUT2D eigenvalue weighted by atomic mass is 9.54. The molecule has 5 nitrogen and oxygen atoms in total. The molecular formula is C36H38Br2N2O3. The Balaban J connectivity index is 1.18. The highest BCUT2D eigenvalue weighted by atomic mass is 79.9. The van der Waals surface area contributed by atoms with Crippen LogP contribution in [0.3, 0.4) is 0 Å². The molecule has 0 spiro atoms. The summed E-state index contributed by atoms with van der Waals surface area (Å²) in [4.78, 5) is 42.7. The number of anilines is 2. The van der Waals surface area contributed by atoms with Gasteiger partial charge in [0.25, 0.3) is 0 Å². The zero-order valence-electron chi connectivity index (χ0n) is 24.6. The van der Waals surface area contributed by atoms with Gasteiger partial charge in [-0.1, -0.05) is 145 Å². The molecule has 1 fully saturated rings. The molecule has 1 heterocycles. The van der Waals surface area contributed by atoms with E-state index in [-0.39, 0.29) is 17.7 Å². The van der Waals surface area contributed by atoms with Crippen LogP contribution in [-0.4, -0.2) is 17.7 Å². The molecule has 0 aromatic heterocycles. The second-order valence-corrected chi connectivity index (χ2v) is 14.7. The van der Waals surface area contributed by atoms with Gasteiger partial charge in [-0.3, -0.25) is 14.4 Å². The third-order valence-corrected chi connectivity index (χ3v) is 12.2. The van der Waals surface area contributed by atoms with Crippen molar-refractivity contribution in [2.45, 2.75) is 79.8 Å². The van der Waals surface area contributed by atoms with E-state index in [1.807, 2.05) is 30.3 Å². The Kier molecular flexibility index (Phi) is 8.67. The number of rotatable bonds is 12. The first-order chi connectivity index (χ1) is 20.8. The van der Waals surface area contributed by atoms with Crippen LogP contribution in [0.15, 0.2) is 72.8 Å². The number of imide groups is 1. The third-order valence-electron chi connectivity index (χ3n) is 9.48. The second kappa shape index (κ2) is 12.3. The molecule has 7 rings (SSSR count). The number of hydrogen-bond acceptors (Lipinski definition) is 3. The number of amides is 3. The van der Waals surface area contributed by atoms with Crippen LogP contribution in [0.5, 0.6) is 0 Å². The van der Waals surface area contributed by atoms with Crippen molar-refractivity contribution in [1.29, 1.82) is 0 Å². The van der Waals surface area contributed by atoms with Gasteiger partial charge < -0.3 is 5.32 Å². The van der Waals surface area contributed by atoms with Crippen LogP contribution >= 0.6 is 31.9 Å². The van der Waals surface area contributed by atoms with Crippen LogP contribution < -0.4 is 10.2 Å². The lowest BCUT2D eigenvalue weighted by molar-refractivity contribution is -0.122. The summed E-state index contributed by atoms with van der Waals surface area (Å²) < 4.78 is -1.66. The summed E-state index contributed by atoms with van der Waals surface area (Å²) in [5.74, 6) is -1.78. The van der Waals surface area contributed by atoms with Crippen molar-refractivity contribution in [1.82, 2.24) is 0 Å². The molecule has 2 atom stereocenters. The molecule has 3 aromatic rings. The highest BCUT2D eigenvalue weighted by Crippen LogP contribution is 2.70. The van der Waals surface area contributed by atoms with Gasteiger partial charge in [-0.2, -0.15) is 0 Å². The normalized spacial score (nSPS) is 25.0. The number of alkyl halides is 2. The van der Waals surface area contributed by atoms with E-state index in [9.17, 15) is 14.4 Å². The van der Waals surface area contributed by atoms with E-state index in [1.54, 1.807) is 18.2 Å². The predicted octanol–water partition coefficient (Wildman–Crippen LogP) is 8.96. The Labute approximate surface area is 271 Å². The molecule has 3 aliphatic carbocycles. The summed E-state index contributed by atoms with van der Waals surface area (Å²) in [6.07, 6.45) is 11.2. The van der Waals surface area contributed by atoms with E-state index in [0.717, 1.165) is 41.5 Å². The Morgan fingerprint density at radius 3 is 1.65 bits per heavy atom. The van der Waals surface area contributed by atoms with Crippen molar-refractivity contribution in [2.75, 3.05) is 10.2 Å². The van der Waals surface area contributed by atoms with Gasteiger partial charge in [0, 0.05) is 12.1 Å². The second-order valence-electron chi connectivity index (χ2n) is 12.2. The van der Waals surface area contributed by atoms with Crippen LogP contribution in [0, 0.1) is 11.8 Å².